The zero-order valence-electron chi connectivity index (χ0n) is 17.7. The van der Waals surface area contributed by atoms with E-state index in [1.807, 2.05) is 31.2 Å². The molecular weight excluding hydrogens is 489 g/mol. The Morgan fingerprint density at radius 1 is 1.06 bits per heavy atom. The third-order valence-corrected chi connectivity index (χ3v) is 6.08. The van der Waals surface area contributed by atoms with Crippen LogP contribution in [0.3, 0.4) is 0 Å². The zero-order chi connectivity index (χ0) is 23.1. The van der Waals surface area contributed by atoms with Crippen molar-refractivity contribution in [1.29, 1.82) is 0 Å². The molecule has 1 aliphatic heterocycles. The molecule has 0 saturated heterocycles. The monoisotopic (exact) mass is 507 g/mol. The minimum absolute atomic E-state index is 0.0102. The van der Waals surface area contributed by atoms with E-state index in [1.54, 1.807) is 18.2 Å². The van der Waals surface area contributed by atoms with Gasteiger partial charge in [0, 0.05) is 10.2 Å². The van der Waals surface area contributed by atoms with Crippen LogP contribution in [0.2, 0.25) is 0 Å². The summed E-state index contributed by atoms with van der Waals surface area (Å²) < 4.78 is 26.1. The van der Waals surface area contributed by atoms with Gasteiger partial charge in [0.1, 0.15) is 17.1 Å². The summed E-state index contributed by atoms with van der Waals surface area (Å²) in [5.41, 5.74) is 1.46. The van der Waals surface area contributed by atoms with Crippen LogP contribution in [0, 0.1) is 5.82 Å². The number of fused-ring (bicyclic) bond motifs is 2. The molecule has 4 aromatic rings. The van der Waals surface area contributed by atoms with Crippen LogP contribution in [0.15, 0.2) is 80.4 Å². The summed E-state index contributed by atoms with van der Waals surface area (Å²) in [5.74, 6) is -0.242. The van der Waals surface area contributed by atoms with Crippen LogP contribution in [0.25, 0.3) is 11.0 Å². The lowest BCUT2D eigenvalue weighted by atomic mass is 9.98. The first-order chi connectivity index (χ1) is 16.0. The molecular formula is C26H19BrFNO4. The third kappa shape index (κ3) is 3.72. The standard InChI is InChI=1S/C26H19BrFNO4/c1-2-12-32-19-5-3-4-15(13-19)23-22-24(30)20-14-16(27)6-11-21(20)33-25(22)26(31)29(23)18-9-7-17(28)8-10-18/h3-11,13-14,23H,2,12H2,1H3. The summed E-state index contributed by atoms with van der Waals surface area (Å²) in [5, 5.41) is 0.375. The van der Waals surface area contributed by atoms with E-state index in [0.29, 0.717) is 34.6 Å². The van der Waals surface area contributed by atoms with Crippen molar-refractivity contribution in [3.8, 4) is 5.75 Å². The average molecular weight is 508 g/mol. The molecule has 0 radical (unpaired) electrons. The molecule has 166 valence electrons. The number of carbonyl (C=O) groups is 1. The van der Waals surface area contributed by atoms with Gasteiger partial charge in [0.05, 0.1) is 23.6 Å². The summed E-state index contributed by atoms with van der Waals surface area (Å²) >= 11 is 3.40. The number of benzene rings is 3. The van der Waals surface area contributed by atoms with Gasteiger partial charge in [0.15, 0.2) is 5.43 Å². The van der Waals surface area contributed by atoms with Gasteiger partial charge in [-0.05, 0) is 66.6 Å². The van der Waals surface area contributed by atoms with E-state index >= 15 is 0 Å². The quantitative estimate of drug-likeness (QED) is 0.321. The maximum absolute atomic E-state index is 13.6. The van der Waals surface area contributed by atoms with Crippen LogP contribution in [0.5, 0.6) is 5.75 Å². The number of amides is 1. The molecule has 7 heteroatoms. The molecule has 1 amide bonds. The summed E-state index contributed by atoms with van der Waals surface area (Å²) in [4.78, 5) is 28.7. The van der Waals surface area contributed by atoms with Crippen molar-refractivity contribution in [3.63, 3.8) is 0 Å². The average Bonchev–Trinajstić information content (AvgIpc) is 3.11. The number of halogens is 2. The lowest BCUT2D eigenvalue weighted by molar-refractivity contribution is 0.0971. The zero-order valence-corrected chi connectivity index (χ0v) is 19.3. The second-order valence-corrected chi connectivity index (χ2v) is 8.71. The van der Waals surface area contributed by atoms with E-state index in [4.69, 9.17) is 9.15 Å². The molecule has 5 nitrogen and oxygen atoms in total. The Morgan fingerprint density at radius 2 is 1.85 bits per heavy atom. The Morgan fingerprint density at radius 3 is 2.61 bits per heavy atom. The van der Waals surface area contributed by atoms with Gasteiger partial charge in [0.25, 0.3) is 5.91 Å². The fraction of sp³-hybridized carbons (Fsp3) is 0.154. The van der Waals surface area contributed by atoms with Crippen molar-refractivity contribution in [1.82, 2.24) is 0 Å². The molecule has 1 aliphatic rings. The van der Waals surface area contributed by atoms with Crippen LogP contribution in [-0.4, -0.2) is 12.5 Å². The van der Waals surface area contributed by atoms with Gasteiger partial charge in [-0.1, -0.05) is 35.0 Å². The van der Waals surface area contributed by atoms with Gasteiger partial charge < -0.3 is 9.15 Å². The number of carbonyl (C=O) groups excluding carboxylic acids is 1. The van der Waals surface area contributed by atoms with Crippen molar-refractivity contribution < 1.29 is 18.3 Å². The fourth-order valence-electron chi connectivity index (χ4n) is 4.12. The van der Waals surface area contributed by atoms with Crippen LogP contribution >= 0.6 is 15.9 Å². The molecule has 0 spiro atoms. The molecule has 2 heterocycles. The van der Waals surface area contributed by atoms with Crippen LogP contribution in [-0.2, 0) is 0 Å². The van der Waals surface area contributed by atoms with E-state index in [0.717, 1.165) is 10.9 Å². The minimum atomic E-state index is -0.747. The Bertz CT molecular complexity index is 1430. The number of rotatable bonds is 5. The normalized spacial score (nSPS) is 15.2. The van der Waals surface area contributed by atoms with E-state index in [1.165, 1.54) is 29.2 Å². The highest BCUT2D eigenvalue weighted by atomic mass is 79.9. The molecule has 1 aromatic heterocycles. The number of nitrogens with zero attached hydrogens (tertiary/aromatic N) is 1. The summed E-state index contributed by atoms with van der Waals surface area (Å²) in [6.07, 6.45) is 0.848. The van der Waals surface area contributed by atoms with Gasteiger partial charge >= 0.3 is 0 Å². The molecule has 0 fully saturated rings. The maximum Gasteiger partial charge on any atom is 0.295 e. The molecule has 0 N–H and O–H groups in total. The maximum atomic E-state index is 13.6. The third-order valence-electron chi connectivity index (χ3n) is 5.58. The first-order valence-electron chi connectivity index (χ1n) is 10.6. The van der Waals surface area contributed by atoms with Crippen molar-refractivity contribution in [3.05, 3.63) is 104 Å². The predicted octanol–water partition coefficient (Wildman–Crippen LogP) is 6.23. The Labute approximate surface area is 197 Å². The Kier molecular flexibility index (Phi) is 5.50. The molecule has 0 aliphatic carbocycles. The van der Waals surface area contributed by atoms with Gasteiger partial charge in [-0.3, -0.25) is 14.5 Å². The molecule has 1 unspecified atom stereocenters. The number of ether oxygens (including phenoxy) is 1. The second kappa shape index (κ2) is 8.48. The Balaban J connectivity index is 1.76. The smallest absolute Gasteiger partial charge is 0.295 e. The molecule has 1 atom stereocenters. The Hall–Kier alpha value is -3.45. The van der Waals surface area contributed by atoms with Crippen LogP contribution < -0.4 is 15.1 Å². The highest BCUT2D eigenvalue weighted by molar-refractivity contribution is 9.10. The lowest BCUT2D eigenvalue weighted by Gasteiger charge is -2.25. The number of anilines is 1. The van der Waals surface area contributed by atoms with Crippen molar-refractivity contribution in [2.24, 2.45) is 0 Å². The fourth-order valence-corrected chi connectivity index (χ4v) is 4.48. The van der Waals surface area contributed by atoms with E-state index in [2.05, 4.69) is 15.9 Å². The predicted molar refractivity (Wildman–Crippen MR) is 127 cm³/mol. The highest BCUT2D eigenvalue weighted by Crippen LogP contribution is 2.42. The molecule has 3 aromatic carbocycles. The van der Waals surface area contributed by atoms with Crippen molar-refractivity contribution in [2.75, 3.05) is 11.5 Å². The first-order valence-corrected chi connectivity index (χ1v) is 11.4. The van der Waals surface area contributed by atoms with Gasteiger partial charge in [-0.2, -0.15) is 0 Å². The van der Waals surface area contributed by atoms with Gasteiger partial charge in [-0.25, -0.2) is 4.39 Å². The minimum Gasteiger partial charge on any atom is -0.494 e. The van der Waals surface area contributed by atoms with E-state index in [9.17, 15) is 14.0 Å². The van der Waals surface area contributed by atoms with Crippen LogP contribution in [0.1, 0.15) is 41.1 Å². The second-order valence-electron chi connectivity index (χ2n) is 7.79. The van der Waals surface area contributed by atoms with Crippen molar-refractivity contribution >= 4 is 38.5 Å². The van der Waals surface area contributed by atoms with E-state index in [-0.39, 0.29) is 16.8 Å². The molecule has 0 bridgehead atoms. The van der Waals surface area contributed by atoms with Crippen molar-refractivity contribution in [2.45, 2.75) is 19.4 Å². The van der Waals surface area contributed by atoms with Gasteiger partial charge in [-0.15, -0.1) is 0 Å². The molecule has 0 saturated carbocycles. The SMILES string of the molecule is CCCOc1cccc(C2c3c(oc4ccc(Br)cc4c3=O)C(=O)N2c2ccc(F)cc2)c1. The highest BCUT2D eigenvalue weighted by Gasteiger charge is 2.43. The number of hydrogen-bond acceptors (Lipinski definition) is 4. The van der Waals surface area contributed by atoms with E-state index < -0.39 is 17.8 Å². The van der Waals surface area contributed by atoms with Gasteiger partial charge in [0.2, 0.25) is 5.76 Å². The summed E-state index contributed by atoms with van der Waals surface area (Å²) in [6, 6.07) is 17.3. The summed E-state index contributed by atoms with van der Waals surface area (Å²) in [6.45, 7) is 2.56. The largest absolute Gasteiger partial charge is 0.494 e. The number of hydrogen-bond donors (Lipinski definition) is 0. The molecule has 33 heavy (non-hydrogen) atoms. The molecule has 5 rings (SSSR count). The first kappa shape index (κ1) is 21.4. The lowest BCUT2D eigenvalue weighted by Crippen LogP contribution is -2.29. The summed E-state index contributed by atoms with van der Waals surface area (Å²) in [7, 11) is 0. The topological polar surface area (TPSA) is 59.8 Å². The van der Waals surface area contributed by atoms with Crippen LogP contribution in [0.4, 0.5) is 10.1 Å².